The summed E-state index contributed by atoms with van der Waals surface area (Å²) >= 11 is 0. The van der Waals surface area contributed by atoms with Gasteiger partial charge in [0.2, 0.25) is 0 Å². The third-order valence-electron chi connectivity index (χ3n) is 4.41. The van der Waals surface area contributed by atoms with E-state index in [0.29, 0.717) is 44.6 Å². The number of phenolic OH excluding ortho intramolecular Hbond substituents is 1. The number of aromatic hydroxyl groups is 1. The number of aryl methyl sites for hydroxylation is 1. The van der Waals surface area contributed by atoms with Gasteiger partial charge in [0, 0.05) is 30.8 Å². The normalized spacial score (nSPS) is 11.3. The standard InChI is InChI=1S/C23H33N3O4/c1-5-24-23(26-16-19-8-7-9-20(28-4)22(19)27)25-15-18-11-10-17(3)14-21(18)30-13-12-29-6-2/h7-11,14,27H,5-6,12-13,15-16H2,1-4H3,(H2,24,25,26). The van der Waals surface area contributed by atoms with E-state index in [9.17, 15) is 5.11 Å². The largest absolute Gasteiger partial charge is 0.504 e. The van der Waals surface area contributed by atoms with Crippen LogP contribution in [0.5, 0.6) is 17.2 Å². The first kappa shape index (κ1) is 23.3. The molecule has 164 valence electrons. The van der Waals surface area contributed by atoms with E-state index in [-0.39, 0.29) is 5.75 Å². The van der Waals surface area contributed by atoms with E-state index in [4.69, 9.17) is 14.2 Å². The molecule has 30 heavy (non-hydrogen) atoms. The molecule has 2 rings (SSSR count). The van der Waals surface area contributed by atoms with Crippen LogP contribution in [0.4, 0.5) is 0 Å². The summed E-state index contributed by atoms with van der Waals surface area (Å²) in [7, 11) is 1.54. The number of nitrogens with one attached hydrogen (secondary N) is 2. The number of ether oxygens (including phenoxy) is 3. The summed E-state index contributed by atoms with van der Waals surface area (Å²) in [6.45, 7) is 9.35. The Balaban J connectivity index is 2.07. The monoisotopic (exact) mass is 415 g/mol. The van der Waals surface area contributed by atoms with E-state index >= 15 is 0 Å². The van der Waals surface area contributed by atoms with Crippen molar-refractivity contribution in [3.8, 4) is 17.2 Å². The van der Waals surface area contributed by atoms with E-state index in [1.165, 1.54) is 7.11 Å². The zero-order valence-electron chi connectivity index (χ0n) is 18.3. The van der Waals surface area contributed by atoms with Crippen LogP contribution in [0, 0.1) is 6.92 Å². The molecule has 0 saturated carbocycles. The highest BCUT2D eigenvalue weighted by atomic mass is 16.5. The summed E-state index contributed by atoms with van der Waals surface area (Å²) in [5, 5.41) is 16.8. The van der Waals surface area contributed by atoms with Crippen LogP contribution in [0.25, 0.3) is 0 Å². The number of para-hydroxylation sites is 1. The average Bonchev–Trinajstić information content (AvgIpc) is 2.75. The number of rotatable bonds is 11. The van der Waals surface area contributed by atoms with Crippen LogP contribution < -0.4 is 20.1 Å². The smallest absolute Gasteiger partial charge is 0.191 e. The second-order valence-corrected chi connectivity index (χ2v) is 6.67. The summed E-state index contributed by atoms with van der Waals surface area (Å²) in [5.74, 6) is 2.05. The fourth-order valence-electron chi connectivity index (χ4n) is 2.84. The number of phenols is 1. The van der Waals surface area contributed by atoms with Gasteiger partial charge in [-0.2, -0.15) is 0 Å². The van der Waals surface area contributed by atoms with Gasteiger partial charge in [0.05, 0.1) is 20.3 Å². The van der Waals surface area contributed by atoms with Crippen molar-refractivity contribution in [3.05, 3.63) is 53.1 Å². The van der Waals surface area contributed by atoms with Crippen molar-refractivity contribution in [3.63, 3.8) is 0 Å². The molecule has 0 amide bonds. The van der Waals surface area contributed by atoms with Crippen LogP contribution >= 0.6 is 0 Å². The molecule has 3 N–H and O–H groups in total. The Morgan fingerprint density at radius 1 is 1.03 bits per heavy atom. The predicted molar refractivity (Wildman–Crippen MR) is 119 cm³/mol. The molecule has 0 radical (unpaired) electrons. The van der Waals surface area contributed by atoms with Gasteiger partial charge in [-0.25, -0.2) is 4.99 Å². The van der Waals surface area contributed by atoms with Crippen LogP contribution in [0.15, 0.2) is 41.4 Å². The van der Waals surface area contributed by atoms with Crippen LogP contribution in [0.1, 0.15) is 30.5 Å². The molecule has 0 saturated heterocycles. The Morgan fingerprint density at radius 2 is 1.87 bits per heavy atom. The first-order chi connectivity index (χ1) is 14.6. The summed E-state index contributed by atoms with van der Waals surface area (Å²) in [5.41, 5.74) is 2.86. The molecule has 0 atom stereocenters. The molecule has 0 aliphatic heterocycles. The van der Waals surface area contributed by atoms with Crippen molar-refractivity contribution in [1.29, 1.82) is 0 Å². The van der Waals surface area contributed by atoms with Gasteiger partial charge in [0.15, 0.2) is 17.5 Å². The van der Waals surface area contributed by atoms with E-state index in [1.807, 2.05) is 45.0 Å². The van der Waals surface area contributed by atoms with Crippen LogP contribution in [0.2, 0.25) is 0 Å². The number of guanidine groups is 1. The quantitative estimate of drug-likeness (QED) is 0.296. The Labute approximate surface area is 179 Å². The molecule has 0 aliphatic carbocycles. The Hall–Kier alpha value is -2.93. The van der Waals surface area contributed by atoms with Gasteiger partial charge < -0.3 is 30.0 Å². The molecule has 7 nitrogen and oxygen atoms in total. The number of hydrogen-bond donors (Lipinski definition) is 3. The highest BCUT2D eigenvalue weighted by molar-refractivity contribution is 5.79. The summed E-state index contributed by atoms with van der Waals surface area (Å²) in [6.07, 6.45) is 0. The van der Waals surface area contributed by atoms with E-state index in [0.717, 1.165) is 29.0 Å². The van der Waals surface area contributed by atoms with Gasteiger partial charge in [0.1, 0.15) is 12.4 Å². The number of aliphatic imine (C=N–C) groups is 1. The molecule has 0 heterocycles. The minimum atomic E-state index is 0.131. The fraction of sp³-hybridized carbons (Fsp3) is 0.435. The molecule has 7 heteroatoms. The number of benzene rings is 2. The molecule has 0 unspecified atom stereocenters. The average molecular weight is 416 g/mol. The first-order valence-electron chi connectivity index (χ1n) is 10.3. The maximum atomic E-state index is 10.3. The van der Waals surface area contributed by atoms with Crippen molar-refractivity contribution < 1.29 is 19.3 Å². The molecule has 0 aromatic heterocycles. The first-order valence-corrected chi connectivity index (χ1v) is 10.3. The molecular formula is C23H33N3O4. The van der Waals surface area contributed by atoms with Crippen molar-refractivity contribution in [2.24, 2.45) is 4.99 Å². The maximum Gasteiger partial charge on any atom is 0.191 e. The lowest BCUT2D eigenvalue weighted by molar-refractivity contribution is 0.110. The number of hydrogen-bond acceptors (Lipinski definition) is 5. The predicted octanol–water partition coefficient (Wildman–Crippen LogP) is 3.38. The molecule has 2 aromatic rings. The lowest BCUT2D eigenvalue weighted by atomic mass is 10.1. The second kappa shape index (κ2) is 12.6. The van der Waals surface area contributed by atoms with Gasteiger partial charge in [-0.05, 0) is 38.5 Å². The van der Waals surface area contributed by atoms with Crippen LogP contribution in [0.3, 0.4) is 0 Å². The third kappa shape index (κ3) is 7.15. The molecule has 0 spiro atoms. The zero-order chi connectivity index (χ0) is 21.8. The van der Waals surface area contributed by atoms with Crippen molar-refractivity contribution in [1.82, 2.24) is 10.6 Å². The molecule has 0 aliphatic rings. The molecule has 0 bridgehead atoms. The Morgan fingerprint density at radius 3 is 2.60 bits per heavy atom. The van der Waals surface area contributed by atoms with Gasteiger partial charge in [-0.3, -0.25) is 0 Å². The minimum Gasteiger partial charge on any atom is -0.504 e. The highest BCUT2D eigenvalue weighted by Crippen LogP contribution is 2.29. The highest BCUT2D eigenvalue weighted by Gasteiger charge is 2.09. The van der Waals surface area contributed by atoms with E-state index in [2.05, 4.69) is 21.7 Å². The molecular weight excluding hydrogens is 382 g/mol. The summed E-state index contributed by atoms with van der Waals surface area (Å²) < 4.78 is 16.4. The number of nitrogens with zero attached hydrogens (tertiary/aromatic N) is 1. The summed E-state index contributed by atoms with van der Waals surface area (Å²) in [6, 6.07) is 11.5. The minimum absolute atomic E-state index is 0.131. The number of methoxy groups -OCH3 is 1. The SMILES string of the molecule is CCNC(=NCc1ccc(C)cc1OCCOCC)NCc1cccc(OC)c1O. The zero-order valence-corrected chi connectivity index (χ0v) is 18.3. The summed E-state index contributed by atoms with van der Waals surface area (Å²) in [4.78, 5) is 4.68. The van der Waals surface area contributed by atoms with Crippen LogP contribution in [-0.4, -0.2) is 44.5 Å². The fourth-order valence-corrected chi connectivity index (χ4v) is 2.84. The van der Waals surface area contributed by atoms with Gasteiger partial charge in [-0.1, -0.05) is 24.3 Å². The topological polar surface area (TPSA) is 84.3 Å². The van der Waals surface area contributed by atoms with E-state index < -0.39 is 0 Å². The van der Waals surface area contributed by atoms with Crippen molar-refractivity contribution in [2.75, 3.05) is 33.5 Å². The van der Waals surface area contributed by atoms with Gasteiger partial charge >= 0.3 is 0 Å². The van der Waals surface area contributed by atoms with Gasteiger partial charge in [-0.15, -0.1) is 0 Å². The van der Waals surface area contributed by atoms with Crippen molar-refractivity contribution in [2.45, 2.75) is 33.9 Å². The Kier molecular flexibility index (Phi) is 9.80. The van der Waals surface area contributed by atoms with Crippen LogP contribution in [-0.2, 0) is 17.8 Å². The lowest BCUT2D eigenvalue weighted by Gasteiger charge is -2.15. The molecule has 0 fully saturated rings. The second-order valence-electron chi connectivity index (χ2n) is 6.67. The Bertz CT molecular complexity index is 824. The molecule has 2 aromatic carbocycles. The maximum absolute atomic E-state index is 10.3. The van der Waals surface area contributed by atoms with Crippen molar-refractivity contribution >= 4 is 5.96 Å². The third-order valence-corrected chi connectivity index (χ3v) is 4.41. The lowest BCUT2D eigenvalue weighted by Crippen LogP contribution is -2.36. The van der Waals surface area contributed by atoms with Gasteiger partial charge in [0.25, 0.3) is 0 Å². The van der Waals surface area contributed by atoms with E-state index in [1.54, 1.807) is 6.07 Å².